The molecule has 0 aliphatic carbocycles. The highest BCUT2D eigenvalue weighted by Crippen LogP contribution is 2.34. The molecule has 0 spiro atoms. The van der Waals surface area contributed by atoms with Gasteiger partial charge >= 0.3 is 0 Å². The average molecular weight is 745 g/mol. The zero-order valence-electron chi connectivity index (χ0n) is 33.4. The molecule has 4 aromatic rings. The van der Waals surface area contributed by atoms with Crippen molar-refractivity contribution in [3.8, 4) is 0 Å². The zero-order valence-corrected chi connectivity index (χ0v) is 33.4. The first kappa shape index (κ1) is 38.6. The summed E-state index contributed by atoms with van der Waals surface area (Å²) in [6, 6.07) is 12.3. The number of amides is 3. The van der Waals surface area contributed by atoms with Crippen LogP contribution < -0.4 is 5.32 Å². The standard InChI is InChI=1S/C25H33N3O2.C21H27N3O/c1-4-6-24(29)27-15-11-23-21(17-27)20-16-19(7-8-22(20)28(23)12-5-2)25(30)26-13-9-18(3)10-14-26;1-3-10-24-19-5-4-16(21(25)23-11-7-15(2)8-12-23)13-17(19)18-14-22-9-6-20(18)24/h5,7-8,16,18H,2,4,6,9-15,17H2,1,3H3;3-5,13,15,22H,1,6-12,14H2,2H3. The number of nitrogens with zero attached hydrogens (tertiary/aromatic N) is 5. The molecule has 9 heteroatoms. The zero-order chi connectivity index (χ0) is 38.6. The van der Waals surface area contributed by atoms with Crippen LogP contribution in [-0.2, 0) is 43.8 Å². The summed E-state index contributed by atoms with van der Waals surface area (Å²) in [5, 5.41) is 5.80. The number of carbonyl (C=O) groups excluding carboxylic acids is 3. The molecule has 2 aromatic carbocycles. The third-order valence-electron chi connectivity index (χ3n) is 12.5. The number of nitrogens with one attached hydrogen (secondary N) is 1. The number of rotatable bonds is 8. The highest BCUT2D eigenvalue weighted by atomic mass is 16.2. The molecule has 0 bridgehead atoms. The van der Waals surface area contributed by atoms with E-state index >= 15 is 0 Å². The summed E-state index contributed by atoms with van der Waals surface area (Å²) in [4.78, 5) is 44.6. The minimum Gasteiger partial charge on any atom is -0.340 e. The fraction of sp³-hybridized carbons (Fsp3) is 0.500. The van der Waals surface area contributed by atoms with E-state index in [1.165, 1.54) is 33.4 Å². The number of likely N-dealkylation sites (tertiary alicyclic amines) is 2. The second-order valence-electron chi connectivity index (χ2n) is 16.3. The molecule has 292 valence electrons. The number of benzene rings is 2. The van der Waals surface area contributed by atoms with E-state index in [-0.39, 0.29) is 17.7 Å². The number of piperidine rings is 2. The number of fused-ring (bicyclic) bond motifs is 6. The lowest BCUT2D eigenvalue weighted by molar-refractivity contribution is -0.132. The Balaban J connectivity index is 0.000000172. The Morgan fingerprint density at radius 3 is 1.73 bits per heavy atom. The molecule has 9 nitrogen and oxygen atoms in total. The van der Waals surface area contributed by atoms with Gasteiger partial charge in [-0.05, 0) is 85.9 Å². The van der Waals surface area contributed by atoms with Crippen molar-refractivity contribution in [2.24, 2.45) is 11.8 Å². The van der Waals surface area contributed by atoms with Crippen molar-refractivity contribution in [3.63, 3.8) is 0 Å². The summed E-state index contributed by atoms with van der Waals surface area (Å²) < 4.78 is 4.66. The smallest absolute Gasteiger partial charge is 0.253 e. The summed E-state index contributed by atoms with van der Waals surface area (Å²) >= 11 is 0. The summed E-state index contributed by atoms with van der Waals surface area (Å²) in [6.07, 6.45) is 11.6. The van der Waals surface area contributed by atoms with Crippen LogP contribution in [0.2, 0.25) is 0 Å². The van der Waals surface area contributed by atoms with E-state index in [2.05, 4.69) is 65.7 Å². The van der Waals surface area contributed by atoms with Gasteiger partial charge in [-0.3, -0.25) is 14.4 Å². The van der Waals surface area contributed by atoms with Crippen molar-refractivity contribution in [2.45, 2.75) is 98.3 Å². The second kappa shape index (κ2) is 17.0. The third-order valence-corrected chi connectivity index (χ3v) is 12.5. The van der Waals surface area contributed by atoms with Gasteiger partial charge in [0.1, 0.15) is 0 Å². The first-order valence-corrected chi connectivity index (χ1v) is 20.8. The van der Waals surface area contributed by atoms with Gasteiger partial charge in [0.2, 0.25) is 5.91 Å². The molecule has 6 heterocycles. The Morgan fingerprint density at radius 1 is 0.709 bits per heavy atom. The van der Waals surface area contributed by atoms with Gasteiger partial charge in [0.15, 0.2) is 0 Å². The Morgan fingerprint density at radius 2 is 1.22 bits per heavy atom. The maximum Gasteiger partial charge on any atom is 0.253 e. The van der Waals surface area contributed by atoms with Gasteiger partial charge in [-0.1, -0.05) is 32.9 Å². The van der Waals surface area contributed by atoms with E-state index in [9.17, 15) is 14.4 Å². The molecular formula is C46H60N6O3. The first-order chi connectivity index (χ1) is 26.7. The molecule has 8 rings (SSSR count). The summed E-state index contributed by atoms with van der Waals surface area (Å²) in [7, 11) is 0. The third kappa shape index (κ3) is 7.91. The van der Waals surface area contributed by atoms with E-state index in [1.807, 2.05) is 45.9 Å². The van der Waals surface area contributed by atoms with Crippen LogP contribution in [0.3, 0.4) is 0 Å². The fourth-order valence-corrected chi connectivity index (χ4v) is 9.14. The lowest BCUT2D eigenvalue weighted by Crippen LogP contribution is -2.37. The van der Waals surface area contributed by atoms with E-state index in [4.69, 9.17) is 0 Å². The van der Waals surface area contributed by atoms with Crippen LogP contribution in [0.5, 0.6) is 0 Å². The predicted molar refractivity (Wildman–Crippen MR) is 222 cm³/mol. The van der Waals surface area contributed by atoms with Gasteiger partial charge < -0.3 is 29.2 Å². The van der Waals surface area contributed by atoms with Gasteiger partial charge in [0, 0.05) is 135 Å². The lowest BCUT2D eigenvalue weighted by atomic mass is 9.98. The van der Waals surface area contributed by atoms with Crippen LogP contribution >= 0.6 is 0 Å². The van der Waals surface area contributed by atoms with Crippen molar-refractivity contribution in [1.29, 1.82) is 0 Å². The monoisotopic (exact) mass is 744 g/mol. The number of hydrogen-bond donors (Lipinski definition) is 1. The molecule has 2 fully saturated rings. The predicted octanol–water partition coefficient (Wildman–Crippen LogP) is 7.73. The van der Waals surface area contributed by atoms with Gasteiger partial charge in [-0.25, -0.2) is 0 Å². The molecule has 1 N–H and O–H groups in total. The summed E-state index contributed by atoms with van der Waals surface area (Å²) in [5.41, 5.74) is 9.16. The quantitative estimate of drug-likeness (QED) is 0.187. The van der Waals surface area contributed by atoms with Crippen molar-refractivity contribution >= 4 is 39.5 Å². The van der Waals surface area contributed by atoms with Crippen molar-refractivity contribution < 1.29 is 14.4 Å². The topological polar surface area (TPSA) is 82.8 Å². The van der Waals surface area contributed by atoms with Gasteiger partial charge in [0.05, 0.1) is 0 Å². The maximum atomic E-state index is 13.1. The molecule has 3 amide bonds. The van der Waals surface area contributed by atoms with Crippen LogP contribution in [0.4, 0.5) is 0 Å². The maximum absolute atomic E-state index is 13.1. The van der Waals surface area contributed by atoms with Crippen molar-refractivity contribution in [3.05, 3.63) is 95.3 Å². The number of aromatic nitrogens is 2. The van der Waals surface area contributed by atoms with E-state index < -0.39 is 0 Å². The summed E-state index contributed by atoms with van der Waals surface area (Å²) in [5.74, 6) is 1.97. The largest absolute Gasteiger partial charge is 0.340 e. The minimum atomic E-state index is 0.128. The molecule has 2 saturated heterocycles. The Labute approximate surface area is 327 Å². The van der Waals surface area contributed by atoms with Crippen LogP contribution in [0.1, 0.15) is 103 Å². The van der Waals surface area contributed by atoms with E-state index in [0.717, 1.165) is 132 Å². The minimum absolute atomic E-state index is 0.128. The average Bonchev–Trinajstić information content (AvgIpc) is 3.69. The Bertz CT molecular complexity index is 2070. The molecule has 2 aromatic heterocycles. The molecule has 0 radical (unpaired) electrons. The van der Waals surface area contributed by atoms with Gasteiger partial charge in [-0.15, -0.1) is 13.2 Å². The Kier molecular flexibility index (Phi) is 12.0. The highest BCUT2D eigenvalue weighted by molar-refractivity contribution is 6.00. The number of allylic oxidation sites excluding steroid dienone is 2. The molecule has 4 aliphatic heterocycles. The molecule has 4 aliphatic rings. The van der Waals surface area contributed by atoms with Crippen LogP contribution in [0.25, 0.3) is 21.8 Å². The van der Waals surface area contributed by atoms with E-state index in [1.54, 1.807) is 0 Å². The summed E-state index contributed by atoms with van der Waals surface area (Å²) in [6.45, 7) is 22.7. The van der Waals surface area contributed by atoms with Crippen molar-refractivity contribution in [2.75, 3.05) is 39.3 Å². The molecular weight excluding hydrogens is 685 g/mol. The molecule has 55 heavy (non-hydrogen) atoms. The first-order valence-electron chi connectivity index (χ1n) is 20.8. The Hall–Kier alpha value is -4.63. The normalized spacial score (nSPS) is 17.8. The van der Waals surface area contributed by atoms with Gasteiger partial charge in [0.25, 0.3) is 11.8 Å². The molecule has 0 unspecified atom stereocenters. The molecule has 0 saturated carbocycles. The van der Waals surface area contributed by atoms with Crippen molar-refractivity contribution in [1.82, 2.24) is 29.2 Å². The molecule has 0 atom stereocenters. The SMILES string of the molecule is C=CCn1c2c(c3cc(C(=O)N4CCC(C)CC4)ccc31)CN(C(=O)CCC)CC2.C=CCn1c2c(c3cc(C(=O)N4CCC(C)CC4)ccc31)CNCC2. The second-order valence-corrected chi connectivity index (χ2v) is 16.3. The highest BCUT2D eigenvalue weighted by Gasteiger charge is 2.28. The fourth-order valence-electron chi connectivity index (χ4n) is 9.14. The van der Waals surface area contributed by atoms with Gasteiger partial charge in [-0.2, -0.15) is 0 Å². The lowest BCUT2D eigenvalue weighted by Gasteiger charge is -2.30. The number of carbonyl (C=O) groups is 3. The van der Waals surface area contributed by atoms with Crippen LogP contribution in [0.15, 0.2) is 61.7 Å². The van der Waals surface area contributed by atoms with E-state index in [0.29, 0.717) is 18.9 Å². The van der Waals surface area contributed by atoms with Crippen LogP contribution in [0, 0.1) is 11.8 Å². The van der Waals surface area contributed by atoms with Crippen LogP contribution in [-0.4, -0.2) is 80.8 Å². The number of hydrogen-bond acceptors (Lipinski definition) is 4.